The first-order valence-corrected chi connectivity index (χ1v) is 8.13. The molecular formula is C16H32N6. The maximum atomic E-state index is 4.27. The average molecular weight is 308 g/mol. The summed E-state index contributed by atoms with van der Waals surface area (Å²) in [5.74, 6) is 0.844. The van der Waals surface area contributed by atoms with Gasteiger partial charge in [-0.25, -0.2) is 0 Å². The second-order valence-corrected chi connectivity index (χ2v) is 6.13. The lowest BCUT2D eigenvalue weighted by Crippen LogP contribution is -2.45. The fourth-order valence-corrected chi connectivity index (χ4v) is 2.51. The van der Waals surface area contributed by atoms with Crippen molar-refractivity contribution in [1.82, 2.24) is 25.3 Å². The van der Waals surface area contributed by atoms with Crippen molar-refractivity contribution in [2.45, 2.75) is 53.2 Å². The van der Waals surface area contributed by atoms with Crippen LogP contribution in [-0.2, 0) is 6.54 Å². The summed E-state index contributed by atoms with van der Waals surface area (Å²) in [6.07, 6.45) is 3.92. The standard InChI is InChI=1S/C16H32N6/c1-13(2)22(14(3)4)10-8-19-16(17-6)18-7-9-21-12-15(5)11-20-21/h11-14H,7-10H2,1-6H3,(H2,17,18,19). The zero-order valence-electron chi connectivity index (χ0n) is 14.9. The minimum Gasteiger partial charge on any atom is -0.355 e. The van der Waals surface area contributed by atoms with E-state index in [1.165, 1.54) is 5.56 Å². The first-order chi connectivity index (χ1) is 10.4. The van der Waals surface area contributed by atoms with Crippen LogP contribution in [0, 0.1) is 6.92 Å². The molecule has 0 saturated heterocycles. The lowest BCUT2D eigenvalue weighted by molar-refractivity contribution is 0.178. The maximum Gasteiger partial charge on any atom is 0.191 e. The molecule has 1 rings (SSSR count). The number of aromatic nitrogens is 2. The molecule has 6 heteroatoms. The Morgan fingerprint density at radius 2 is 1.86 bits per heavy atom. The van der Waals surface area contributed by atoms with Crippen molar-refractivity contribution in [1.29, 1.82) is 0 Å². The minimum absolute atomic E-state index is 0.555. The first kappa shape index (κ1) is 18.5. The minimum atomic E-state index is 0.555. The van der Waals surface area contributed by atoms with Crippen molar-refractivity contribution < 1.29 is 0 Å². The van der Waals surface area contributed by atoms with E-state index in [2.05, 4.69) is 53.3 Å². The molecule has 126 valence electrons. The van der Waals surface area contributed by atoms with Gasteiger partial charge in [-0.2, -0.15) is 5.10 Å². The average Bonchev–Trinajstić information content (AvgIpc) is 2.86. The van der Waals surface area contributed by atoms with E-state index in [0.717, 1.165) is 32.1 Å². The largest absolute Gasteiger partial charge is 0.355 e. The van der Waals surface area contributed by atoms with Crippen molar-refractivity contribution >= 4 is 5.96 Å². The third-order valence-electron chi connectivity index (χ3n) is 3.61. The lowest BCUT2D eigenvalue weighted by Gasteiger charge is -2.30. The smallest absolute Gasteiger partial charge is 0.191 e. The summed E-state index contributed by atoms with van der Waals surface area (Å²) in [6.45, 7) is 14.5. The fraction of sp³-hybridized carbons (Fsp3) is 0.750. The molecule has 22 heavy (non-hydrogen) atoms. The van der Waals surface area contributed by atoms with Crippen molar-refractivity contribution in [3.05, 3.63) is 18.0 Å². The first-order valence-electron chi connectivity index (χ1n) is 8.13. The van der Waals surface area contributed by atoms with E-state index in [4.69, 9.17) is 0 Å². The number of hydrogen-bond acceptors (Lipinski definition) is 3. The number of rotatable bonds is 8. The molecule has 0 bridgehead atoms. The molecule has 0 aromatic carbocycles. The zero-order valence-corrected chi connectivity index (χ0v) is 14.9. The van der Waals surface area contributed by atoms with Gasteiger partial charge in [-0.05, 0) is 40.2 Å². The van der Waals surface area contributed by atoms with Crippen LogP contribution >= 0.6 is 0 Å². The molecule has 1 aromatic heterocycles. The third-order valence-corrected chi connectivity index (χ3v) is 3.61. The van der Waals surface area contributed by atoms with E-state index in [0.29, 0.717) is 12.1 Å². The van der Waals surface area contributed by atoms with E-state index in [-0.39, 0.29) is 0 Å². The van der Waals surface area contributed by atoms with Gasteiger partial charge in [0, 0.05) is 45.0 Å². The van der Waals surface area contributed by atoms with Crippen LogP contribution < -0.4 is 10.6 Å². The molecular weight excluding hydrogens is 276 g/mol. The Hall–Kier alpha value is -1.56. The maximum absolute atomic E-state index is 4.27. The molecule has 1 heterocycles. The van der Waals surface area contributed by atoms with Crippen LogP contribution in [0.25, 0.3) is 0 Å². The summed E-state index contributed by atoms with van der Waals surface area (Å²) >= 11 is 0. The highest BCUT2D eigenvalue weighted by molar-refractivity contribution is 5.79. The van der Waals surface area contributed by atoms with Crippen LogP contribution in [0.1, 0.15) is 33.3 Å². The summed E-state index contributed by atoms with van der Waals surface area (Å²) < 4.78 is 1.94. The Kier molecular flexibility index (Phi) is 7.95. The number of aryl methyl sites for hydroxylation is 1. The van der Waals surface area contributed by atoms with Crippen molar-refractivity contribution in [2.75, 3.05) is 26.7 Å². The highest BCUT2D eigenvalue weighted by Gasteiger charge is 2.12. The molecule has 0 amide bonds. The van der Waals surface area contributed by atoms with Gasteiger partial charge in [0.25, 0.3) is 0 Å². The van der Waals surface area contributed by atoms with Gasteiger partial charge in [0.05, 0.1) is 12.7 Å². The van der Waals surface area contributed by atoms with Gasteiger partial charge >= 0.3 is 0 Å². The molecule has 0 radical (unpaired) electrons. The van der Waals surface area contributed by atoms with Gasteiger partial charge in [-0.1, -0.05) is 0 Å². The molecule has 0 aliphatic carbocycles. The van der Waals surface area contributed by atoms with Crippen LogP contribution in [0.4, 0.5) is 0 Å². The second-order valence-electron chi connectivity index (χ2n) is 6.13. The lowest BCUT2D eigenvalue weighted by atomic mass is 10.2. The van der Waals surface area contributed by atoms with Crippen molar-refractivity contribution in [2.24, 2.45) is 4.99 Å². The number of nitrogens with one attached hydrogen (secondary N) is 2. The van der Waals surface area contributed by atoms with Crippen LogP contribution in [0.5, 0.6) is 0 Å². The van der Waals surface area contributed by atoms with E-state index in [1.807, 2.05) is 24.0 Å². The molecule has 0 saturated carbocycles. The molecule has 1 aromatic rings. The Labute approximate surface area is 135 Å². The Balaban J connectivity index is 2.27. The number of nitrogens with zero attached hydrogens (tertiary/aromatic N) is 4. The topological polar surface area (TPSA) is 57.5 Å². The quantitative estimate of drug-likeness (QED) is 0.564. The van der Waals surface area contributed by atoms with Crippen LogP contribution in [0.3, 0.4) is 0 Å². The third kappa shape index (κ3) is 6.47. The van der Waals surface area contributed by atoms with Crippen LogP contribution in [-0.4, -0.2) is 59.4 Å². The molecule has 0 aliphatic rings. The molecule has 6 nitrogen and oxygen atoms in total. The summed E-state index contributed by atoms with van der Waals surface area (Å²) in [5.41, 5.74) is 1.19. The predicted octanol–water partition coefficient (Wildman–Crippen LogP) is 1.48. The zero-order chi connectivity index (χ0) is 16.5. The van der Waals surface area contributed by atoms with Crippen LogP contribution in [0.15, 0.2) is 17.4 Å². The van der Waals surface area contributed by atoms with Gasteiger partial charge in [-0.3, -0.25) is 14.6 Å². The Morgan fingerprint density at radius 1 is 1.23 bits per heavy atom. The summed E-state index contributed by atoms with van der Waals surface area (Å²) in [7, 11) is 1.80. The molecule has 0 fully saturated rings. The molecule has 0 atom stereocenters. The Bertz CT molecular complexity index is 441. The molecule has 0 aliphatic heterocycles. The number of aliphatic imine (C=N–C) groups is 1. The summed E-state index contributed by atoms with van der Waals surface area (Å²) in [6, 6.07) is 1.11. The highest BCUT2D eigenvalue weighted by Crippen LogP contribution is 2.03. The van der Waals surface area contributed by atoms with E-state index >= 15 is 0 Å². The van der Waals surface area contributed by atoms with Gasteiger partial charge in [0.2, 0.25) is 0 Å². The molecule has 2 N–H and O–H groups in total. The SMILES string of the molecule is CN=C(NCCN(C(C)C)C(C)C)NCCn1cc(C)cn1. The predicted molar refractivity (Wildman–Crippen MR) is 93.3 cm³/mol. The van der Waals surface area contributed by atoms with E-state index in [1.54, 1.807) is 7.05 Å². The van der Waals surface area contributed by atoms with Gasteiger partial charge in [0.15, 0.2) is 5.96 Å². The second kappa shape index (κ2) is 9.46. The highest BCUT2D eigenvalue weighted by atomic mass is 15.3. The number of hydrogen-bond donors (Lipinski definition) is 2. The monoisotopic (exact) mass is 308 g/mol. The van der Waals surface area contributed by atoms with Gasteiger partial charge in [0.1, 0.15) is 0 Å². The van der Waals surface area contributed by atoms with Gasteiger partial charge < -0.3 is 10.6 Å². The fourth-order valence-electron chi connectivity index (χ4n) is 2.51. The summed E-state index contributed by atoms with van der Waals surface area (Å²) in [4.78, 5) is 6.72. The van der Waals surface area contributed by atoms with Crippen molar-refractivity contribution in [3.63, 3.8) is 0 Å². The van der Waals surface area contributed by atoms with E-state index < -0.39 is 0 Å². The van der Waals surface area contributed by atoms with Crippen LogP contribution in [0.2, 0.25) is 0 Å². The van der Waals surface area contributed by atoms with Gasteiger partial charge in [-0.15, -0.1) is 0 Å². The Morgan fingerprint density at radius 3 is 2.36 bits per heavy atom. The number of guanidine groups is 1. The molecule has 0 spiro atoms. The summed E-state index contributed by atoms with van der Waals surface area (Å²) in [5, 5.41) is 11.0. The van der Waals surface area contributed by atoms with Crippen molar-refractivity contribution in [3.8, 4) is 0 Å². The van der Waals surface area contributed by atoms with E-state index in [9.17, 15) is 0 Å². The molecule has 0 unspecified atom stereocenters. The normalized spacial score (nSPS) is 12.5.